The van der Waals surface area contributed by atoms with Gasteiger partial charge in [-0.3, -0.25) is 27.1 Å². The van der Waals surface area contributed by atoms with Gasteiger partial charge in [0.05, 0.1) is 0 Å². The summed E-state index contributed by atoms with van der Waals surface area (Å²) < 4.78 is 118. The molecule has 0 bridgehead atoms. The van der Waals surface area contributed by atoms with E-state index < -0.39 is 47.6 Å². The molecule has 24 heteroatoms. The first-order valence-corrected chi connectivity index (χ1v) is 40.2. The second kappa shape index (κ2) is 44.9. The van der Waals surface area contributed by atoms with Crippen molar-refractivity contribution in [2.45, 2.75) is 107 Å². The van der Waals surface area contributed by atoms with Crippen LogP contribution < -0.4 is 59.0 Å². The van der Waals surface area contributed by atoms with Crippen LogP contribution in [0.4, 0.5) is 34.5 Å². The van der Waals surface area contributed by atoms with E-state index in [0.717, 1.165) is 56.8 Å². The summed E-state index contributed by atoms with van der Waals surface area (Å²) in [4.78, 5) is 0. The van der Waals surface area contributed by atoms with Gasteiger partial charge in [0.15, 0.2) is 23.0 Å². The van der Waals surface area contributed by atoms with Gasteiger partial charge in [0, 0.05) is 61.2 Å². The molecule has 14 rings (SSSR count). The summed E-state index contributed by atoms with van der Waals surface area (Å²) in [7, 11) is -19.1. The van der Waals surface area contributed by atoms with Crippen molar-refractivity contribution in [2.24, 2.45) is 0 Å². The first kappa shape index (κ1) is 91.0. The van der Waals surface area contributed by atoms with Crippen LogP contribution in [-0.2, 0) is 39.0 Å². The summed E-state index contributed by atoms with van der Waals surface area (Å²) in [5, 5.41) is 7.56. The Hall–Kier alpha value is -7.58. The molecule has 2 radical (unpaired) electrons. The van der Waals surface area contributed by atoms with Gasteiger partial charge in [0.25, 0.3) is 0 Å². The molecule has 4 N–H and O–H groups in total. The number of allylic oxidation sites excluding steroid dienone is 8. The minimum atomic E-state index is -6.00. The van der Waals surface area contributed by atoms with Gasteiger partial charge in [0.1, 0.15) is 47.7 Å². The number of fused-ring (bicyclic) bond motifs is 6. The van der Waals surface area contributed by atoms with Crippen molar-refractivity contribution in [2.75, 3.05) is 0 Å². The second-order valence-corrected chi connectivity index (χ2v) is 32.1. The molecule has 108 heavy (non-hydrogen) atoms. The molecule has 2 aliphatic carbocycles. The molecule has 8 nitrogen and oxygen atoms in total. The molecule has 0 saturated heterocycles. The van der Waals surface area contributed by atoms with E-state index >= 15 is 0 Å². The summed E-state index contributed by atoms with van der Waals surface area (Å²) in [5.74, 6) is 4.88. The molecule has 4 aliphatic rings. The summed E-state index contributed by atoms with van der Waals surface area (Å²) in [6.45, 7) is 17.2. The van der Waals surface area contributed by atoms with Crippen molar-refractivity contribution in [3.63, 3.8) is 0 Å². The van der Waals surface area contributed by atoms with E-state index in [1.165, 1.54) is 128 Å². The number of halogens is 8. The fourth-order valence-corrected chi connectivity index (χ4v) is 19.9. The molecular weight excluding hydrogens is 1640 g/mol. The Kier molecular flexibility index (Phi) is 37.9. The summed E-state index contributed by atoms with van der Waals surface area (Å²) in [6, 6.07) is 76.3. The van der Waals surface area contributed by atoms with E-state index in [1.807, 2.05) is 24.3 Å². The average molecular weight is 1730 g/mol. The summed E-state index contributed by atoms with van der Waals surface area (Å²) in [5.41, 5.74) is 14.1. The Morgan fingerprint density at radius 1 is 0.278 bits per heavy atom. The van der Waals surface area contributed by atoms with Crippen LogP contribution in [0, 0.1) is 55.4 Å². The van der Waals surface area contributed by atoms with Crippen LogP contribution in [0.2, 0.25) is 0 Å². The van der Waals surface area contributed by atoms with E-state index in [4.69, 9.17) is 27.1 Å². The third-order valence-corrected chi connectivity index (χ3v) is 25.5. The SMILES string of the molecule is C1=C\CC/C=C\CC/1.C1=C\CC/C=C\CC/1.Cc1ccc2c(c1C)-c1c(ccc(C)c1C)O[PH+](Oc1ccccc1[PH+](c1ccccc1)c1ccccc1)O2.Cc1ccc2c(c1C)-c1c(ccc(C)c1C)O[PH+](Oc1ccccc1[PH+](c1ccccc1)c1ccccc1)O2.F[B-](F)(F)F.F[B-](F)(F)F.O.O.[Rh].[Rh]. The number of aryl methyl sites for hydroxylation is 4. The van der Waals surface area contributed by atoms with Crippen LogP contribution in [0.15, 0.2) is 267 Å². The van der Waals surface area contributed by atoms with Crippen LogP contribution in [-0.4, -0.2) is 25.5 Å². The fraction of sp³-hybridized carbons (Fsp3) is 0.190. The Bertz CT molecular complexity index is 4020. The monoisotopic (exact) mass is 1730 g/mol. The summed E-state index contributed by atoms with van der Waals surface area (Å²) in [6.07, 6.45) is 28.0. The van der Waals surface area contributed by atoms with Crippen molar-refractivity contribution in [1.82, 2.24) is 0 Å². The molecule has 0 saturated carbocycles. The van der Waals surface area contributed by atoms with Crippen molar-refractivity contribution in [3.8, 4) is 56.8 Å². The average Bonchev–Trinajstić information content (AvgIpc) is 1.43. The van der Waals surface area contributed by atoms with E-state index in [2.05, 4.69) is 298 Å². The number of hydrogen-bond donors (Lipinski definition) is 0. The fourth-order valence-electron chi connectivity index (χ4n) is 12.0. The Morgan fingerprint density at radius 2 is 0.463 bits per heavy atom. The molecule has 10 aromatic carbocycles. The van der Waals surface area contributed by atoms with Gasteiger partial charge in [-0.1, -0.05) is 170 Å². The van der Waals surface area contributed by atoms with Gasteiger partial charge < -0.3 is 45.5 Å². The third kappa shape index (κ3) is 26.9. The normalized spacial score (nSPS) is 14.4. The van der Waals surface area contributed by atoms with Gasteiger partial charge in [-0.15, -0.1) is 0 Å². The maximum absolute atomic E-state index is 9.75. The Balaban J connectivity index is 0.000000282. The van der Waals surface area contributed by atoms with Gasteiger partial charge in [0.2, 0.25) is 11.5 Å². The molecule has 2 heterocycles. The zero-order valence-corrected chi connectivity index (χ0v) is 68.6. The second-order valence-electron chi connectivity index (χ2n) is 25.0. The van der Waals surface area contributed by atoms with Gasteiger partial charge in [-0.25, -0.2) is 0 Å². The maximum Gasteiger partial charge on any atom is 0.673 e. The molecule has 0 unspecified atom stereocenters. The molecular formula is C84H92B2F8O8P4Rh2+2. The first-order valence-electron chi connectivity index (χ1n) is 34.7. The van der Waals surface area contributed by atoms with E-state index in [0.29, 0.717) is 0 Å². The number of hydrogen-bond acceptors (Lipinski definition) is 6. The Labute approximate surface area is 661 Å². The molecule has 10 aromatic rings. The molecule has 574 valence electrons. The molecule has 0 atom stereocenters. The maximum atomic E-state index is 9.75. The first-order chi connectivity index (χ1) is 50.0. The number of para-hydroxylation sites is 2. The van der Waals surface area contributed by atoms with E-state index in [1.54, 1.807) is 0 Å². The predicted octanol–water partition coefficient (Wildman–Crippen LogP) is 22.1. The Morgan fingerprint density at radius 3 is 0.667 bits per heavy atom. The van der Waals surface area contributed by atoms with Gasteiger partial charge >= 0.3 is 31.7 Å². The quantitative estimate of drug-likeness (QED) is 0.0582. The topological polar surface area (TPSA) is 118 Å². The van der Waals surface area contributed by atoms with Gasteiger partial charge in [-0.2, -0.15) is 0 Å². The number of rotatable bonds is 10. The van der Waals surface area contributed by atoms with Crippen LogP contribution in [0.25, 0.3) is 22.3 Å². The molecule has 0 amide bonds. The van der Waals surface area contributed by atoms with Gasteiger partial charge in [-0.05, 0) is 248 Å². The largest absolute Gasteiger partial charge is 0.673 e. The predicted molar refractivity (Wildman–Crippen MR) is 436 cm³/mol. The zero-order chi connectivity index (χ0) is 74.2. The molecule has 0 spiro atoms. The standard InChI is InChI=1S/2C34H31O3P2.2C8H12.2BF4.2H2O.2Rh/c2*1-23-19-21-30-33(25(23)3)34-26(4)24(2)20-22-31(34)37-39(36-30)35-29-17-11-12-18-32(29)38(27-13-7-5-8-14-27)28-15-9-6-10-16-28;2*1-2-4-6-8-7-5-3-1;2*2-1(3,4)5;;;;/h2*5-22,39H,1-4H3;2*1-2,7-8H,3-6H2;;;2*1H2;;/q2*+1;;;2*-1;;;;/p+2/b;;2*2-1-,8-7-;;;;;;. The molecule has 0 fully saturated rings. The van der Waals surface area contributed by atoms with Crippen LogP contribution >= 0.6 is 33.0 Å². The smallest absolute Gasteiger partial charge is 0.418 e. The third-order valence-electron chi connectivity index (χ3n) is 17.7. The van der Waals surface area contributed by atoms with Crippen LogP contribution in [0.3, 0.4) is 0 Å². The van der Waals surface area contributed by atoms with Crippen molar-refractivity contribution >= 4 is 79.4 Å². The summed E-state index contributed by atoms with van der Waals surface area (Å²) >= 11 is 0. The van der Waals surface area contributed by atoms with E-state index in [9.17, 15) is 34.5 Å². The minimum absolute atomic E-state index is 0. The minimum Gasteiger partial charge on any atom is -0.418 e. The van der Waals surface area contributed by atoms with Crippen molar-refractivity contribution in [3.05, 3.63) is 312 Å². The zero-order valence-electron chi connectivity index (χ0n) is 61.4. The van der Waals surface area contributed by atoms with Crippen molar-refractivity contribution in [1.29, 1.82) is 0 Å². The van der Waals surface area contributed by atoms with Crippen LogP contribution in [0.5, 0.6) is 34.5 Å². The molecule has 0 aromatic heterocycles. The van der Waals surface area contributed by atoms with Crippen LogP contribution in [0.1, 0.15) is 95.9 Å². The van der Waals surface area contributed by atoms with E-state index in [-0.39, 0.29) is 49.9 Å². The van der Waals surface area contributed by atoms with Crippen molar-refractivity contribution < 1.29 is 112 Å². The number of benzene rings is 10. The molecule has 2 aliphatic heterocycles.